The standard InChI is InChI=1S/C44H29N3/c1-2-12-34(13-3-1)44-43(46-42-16-8-9-25-47(42)44)33-21-19-32(20-22-33)40-28-39(37-23-17-30-10-4-6-14-35(30)26-37)29-41(45-40)38-24-18-31-11-5-7-15-36(31)27-38/h1-29H. The number of imidazole rings is 1. The number of hydrogen-bond donors (Lipinski definition) is 0. The Kier molecular flexibility index (Phi) is 6.46. The Bertz CT molecular complexity index is 2460. The molecule has 0 saturated heterocycles. The van der Waals surface area contributed by atoms with Gasteiger partial charge in [0.25, 0.3) is 0 Å². The van der Waals surface area contributed by atoms with Gasteiger partial charge >= 0.3 is 0 Å². The molecule has 0 atom stereocenters. The van der Waals surface area contributed by atoms with Crippen LogP contribution < -0.4 is 0 Å². The van der Waals surface area contributed by atoms with E-state index in [2.05, 4.69) is 168 Å². The molecule has 0 bridgehead atoms. The van der Waals surface area contributed by atoms with Gasteiger partial charge in [0.05, 0.1) is 22.8 Å². The van der Waals surface area contributed by atoms with Crippen molar-refractivity contribution in [1.29, 1.82) is 0 Å². The highest BCUT2D eigenvalue weighted by Crippen LogP contribution is 2.36. The number of nitrogens with zero attached hydrogens (tertiary/aromatic N) is 3. The van der Waals surface area contributed by atoms with Crippen molar-refractivity contribution in [2.45, 2.75) is 0 Å². The van der Waals surface area contributed by atoms with E-state index in [0.717, 1.165) is 56.2 Å². The van der Waals surface area contributed by atoms with E-state index in [1.807, 2.05) is 12.1 Å². The number of fused-ring (bicyclic) bond motifs is 3. The van der Waals surface area contributed by atoms with Crippen molar-refractivity contribution >= 4 is 27.2 Å². The summed E-state index contributed by atoms with van der Waals surface area (Å²) in [6.45, 7) is 0. The van der Waals surface area contributed by atoms with Crippen LogP contribution in [0.25, 0.3) is 83.3 Å². The molecule has 0 unspecified atom stereocenters. The van der Waals surface area contributed by atoms with Crippen molar-refractivity contribution in [3.8, 4) is 56.2 Å². The predicted molar refractivity (Wildman–Crippen MR) is 195 cm³/mol. The molecule has 9 aromatic rings. The maximum Gasteiger partial charge on any atom is 0.137 e. The normalized spacial score (nSPS) is 11.4. The van der Waals surface area contributed by atoms with E-state index in [9.17, 15) is 0 Å². The molecule has 6 aromatic carbocycles. The van der Waals surface area contributed by atoms with E-state index in [-0.39, 0.29) is 0 Å². The molecule has 47 heavy (non-hydrogen) atoms. The number of pyridine rings is 2. The monoisotopic (exact) mass is 599 g/mol. The minimum absolute atomic E-state index is 0.926. The Labute approximate surface area is 273 Å². The maximum absolute atomic E-state index is 5.25. The van der Waals surface area contributed by atoms with Gasteiger partial charge in [0.1, 0.15) is 5.65 Å². The highest BCUT2D eigenvalue weighted by atomic mass is 15.0. The summed E-state index contributed by atoms with van der Waals surface area (Å²) in [7, 11) is 0. The molecule has 0 aliphatic heterocycles. The van der Waals surface area contributed by atoms with Crippen LogP contribution in [0.4, 0.5) is 0 Å². The molecule has 3 nitrogen and oxygen atoms in total. The third kappa shape index (κ3) is 4.95. The molecule has 0 aliphatic carbocycles. The molecule has 220 valence electrons. The van der Waals surface area contributed by atoms with Gasteiger partial charge in [0.15, 0.2) is 0 Å². The summed E-state index contributed by atoms with van der Waals surface area (Å²) in [5, 5.41) is 4.88. The Morgan fingerprint density at radius 2 is 0.894 bits per heavy atom. The summed E-state index contributed by atoms with van der Waals surface area (Å²) in [6, 6.07) is 60.0. The lowest BCUT2D eigenvalue weighted by Crippen LogP contribution is -1.92. The van der Waals surface area contributed by atoms with Crippen molar-refractivity contribution in [2.75, 3.05) is 0 Å². The number of rotatable bonds is 5. The molecule has 3 aromatic heterocycles. The molecule has 0 saturated carbocycles. The maximum atomic E-state index is 5.25. The Morgan fingerprint density at radius 3 is 1.62 bits per heavy atom. The van der Waals surface area contributed by atoms with Gasteiger partial charge in [-0.05, 0) is 69.1 Å². The summed E-state index contributed by atoms with van der Waals surface area (Å²) in [5.74, 6) is 0. The predicted octanol–water partition coefficient (Wildman–Crippen LogP) is 11.4. The smallest absolute Gasteiger partial charge is 0.137 e. The zero-order valence-corrected chi connectivity index (χ0v) is 25.6. The van der Waals surface area contributed by atoms with Gasteiger partial charge in [-0.3, -0.25) is 4.40 Å². The van der Waals surface area contributed by atoms with Gasteiger partial charge in [-0.1, -0.05) is 133 Å². The molecule has 0 spiro atoms. The lowest BCUT2D eigenvalue weighted by molar-refractivity contribution is 1.19. The van der Waals surface area contributed by atoms with Gasteiger partial charge < -0.3 is 0 Å². The van der Waals surface area contributed by atoms with Crippen LogP contribution in [0, 0.1) is 0 Å². The molecule has 3 heterocycles. The summed E-state index contributed by atoms with van der Waals surface area (Å²) >= 11 is 0. The first-order valence-corrected chi connectivity index (χ1v) is 15.9. The van der Waals surface area contributed by atoms with Gasteiger partial charge in [-0.2, -0.15) is 0 Å². The van der Waals surface area contributed by atoms with Gasteiger partial charge in [-0.15, -0.1) is 0 Å². The minimum Gasteiger partial charge on any atom is -0.299 e. The van der Waals surface area contributed by atoms with Crippen molar-refractivity contribution in [1.82, 2.24) is 14.4 Å². The number of hydrogen-bond acceptors (Lipinski definition) is 2. The third-order valence-corrected chi connectivity index (χ3v) is 8.98. The minimum atomic E-state index is 0.926. The van der Waals surface area contributed by atoms with E-state index >= 15 is 0 Å². The molecule has 9 rings (SSSR count). The van der Waals surface area contributed by atoms with Crippen molar-refractivity contribution in [3.05, 3.63) is 176 Å². The Hall–Kier alpha value is -6.32. The Morgan fingerprint density at radius 1 is 0.340 bits per heavy atom. The van der Waals surface area contributed by atoms with E-state index in [1.165, 1.54) is 27.1 Å². The zero-order chi connectivity index (χ0) is 31.2. The lowest BCUT2D eigenvalue weighted by Gasteiger charge is -2.12. The SMILES string of the molecule is c1ccc(-c2c(-c3ccc(-c4cc(-c5ccc6ccccc6c5)cc(-c5ccc6ccccc6c5)n4)cc3)nc3ccccn23)cc1. The largest absolute Gasteiger partial charge is 0.299 e. The fourth-order valence-corrected chi connectivity index (χ4v) is 6.58. The van der Waals surface area contributed by atoms with Crippen LogP contribution >= 0.6 is 0 Å². The second kappa shape index (κ2) is 11.2. The summed E-state index contributed by atoms with van der Waals surface area (Å²) < 4.78 is 2.17. The first-order chi connectivity index (χ1) is 23.3. The van der Waals surface area contributed by atoms with Crippen LogP contribution in [-0.4, -0.2) is 14.4 Å². The van der Waals surface area contributed by atoms with Gasteiger partial charge in [-0.25, -0.2) is 9.97 Å². The van der Waals surface area contributed by atoms with E-state index < -0.39 is 0 Å². The molecular formula is C44H29N3. The molecular weight excluding hydrogens is 571 g/mol. The molecule has 0 aliphatic rings. The van der Waals surface area contributed by atoms with Crippen LogP contribution in [0.3, 0.4) is 0 Å². The van der Waals surface area contributed by atoms with E-state index in [4.69, 9.17) is 9.97 Å². The third-order valence-electron chi connectivity index (χ3n) is 8.98. The van der Waals surface area contributed by atoms with Crippen LogP contribution in [0.1, 0.15) is 0 Å². The highest BCUT2D eigenvalue weighted by Gasteiger charge is 2.16. The van der Waals surface area contributed by atoms with Crippen molar-refractivity contribution in [2.24, 2.45) is 0 Å². The average molecular weight is 600 g/mol. The number of benzene rings is 6. The fraction of sp³-hybridized carbons (Fsp3) is 0. The molecule has 0 amide bonds. The van der Waals surface area contributed by atoms with Crippen LogP contribution in [0.15, 0.2) is 176 Å². The topological polar surface area (TPSA) is 30.2 Å². The van der Waals surface area contributed by atoms with Crippen LogP contribution in [0.2, 0.25) is 0 Å². The molecule has 0 N–H and O–H groups in total. The first kappa shape index (κ1) is 27.0. The number of aromatic nitrogens is 3. The van der Waals surface area contributed by atoms with Gasteiger partial charge in [0.2, 0.25) is 0 Å². The Balaban J connectivity index is 1.18. The molecule has 0 fully saturated rings. The second-order valence-corrected chi connectivity index (χ2v) is 11.9. The van der Waals surface area contributed by atoms with Crippen molar-refractivity contribution in [3.63, 3.8) is 0 Å². The summed E-state index contributed by atoms with van der Waals surface area (Å²) in [5.41, 5.74) is 11.5. The fourth-order valence-electron chi connectivity index (χ4n) is 6.58. The summed E-state index contributed by atoms with van der Waals surface area (Å²) in [4.78, 5) is 10.3. The zero-order valence-electron chi connectivity index (χ0n) is 25.6. The summed E-state index contributed by atoms with van der Waals surface area (Å²) in [6.07, 6.45) is 2.08. The van der Waals surface area contributed by atoms with Crippen molar-refractivity contribution < 1.29 is 0 Å². The first-order valence-electron chi connectivity index (χ1n) is 15.9. The second-order valence-electron chi connectivity index (χ2n) is 11.9. The van der Waals surface area contributed by atoms with Crippen LogP contribution in [0.5, 0.6) is 0 Å². The van der Waals surface area contributed by atoms with E-state index in [0.29, 0.717) is 0 Å². The van der Waals surface area contributed by atoms with E-state index in [1.54, 1.807) is 0 Å². The van der Waals surface area contributed by atoms with Gasteiger partial charge in [0, 0.05) is 28.5 Å². The molecule has 0 radical (unpaired) electrons. The highest BCUT2D eigenvalue weighted by molar-refractivity contribution is 5.91. The quantitative estimate of drug-likeness (QED) is 0.197. The lowest BCUT2D eigenvalue weighted by atomic mass is 9.96. The van der Waals surface area contributed by atoms with Crippen LogP contribution in [-0.2, 0) is 0 Å². The average Bonchev–Trinajstić information content (AvgIpc) is 3.54. The molecule has 3 heteroatoms.